The first kappa shape index (κ1) is 11.7. The van der Waals surface area contributed by atoms with Crippen molar-refractivity contribution in [2.24, 2.45) is 0 Å². The van der Waals surface area contributed by atoms with Crippen LogP contribution in [0, 0.1) is 0 Å². The molecule has 2 rings (SSSR count). The van der Waals surface area contributed by atoms with Gasteiger partial charge in [-0.1, -0.05) is 6.42 Å². The van der Waals surface area contributed by atoms with E-state index in [1.807, 2.05) is 12.1 Å². The Morgan fingerprint density at radius 1 is 1.50 bits per heavy atom. The van der Waals surface area contributed by atoms with Crippen molar-refractivity contribution >= 4 is 21.7 Å². The van der Waals surface area contributed by atoms with Crippen molar-refractivity contribution in [3.63, 3.8) is 0 Å². The monoisotopic (exact) mass is 282 g/mol. The number of pyridine rings is 1. The molecule has 1 aliphatic rings. The number of carbonyl (C=O) groups is 1. The number of nitrogens with zero attached hydrogens (tertiary/aromatic N) is 1. The molecular weight excluding hydrogens is 268 g/mol. The predicted octanol–water partition coefficient (Wildman–Crippen LogP) is 2.10. The third kappa shape index (κ3) is 3.12. The van der Waals surface area contributed by atoms with Crippen LogP contribution in [0.2, 0.25) is 0 Å². The number of halogens is 1. The lowest BCUT2D eigenvalue weighted by molar-refractivity contribution is -0.121. The highest BCUT2D eigenvalue weighted by atomic mass is 79.9. The van der Waals surface area contributed by atoms with Gasteiger partial charge in [-0.25, -0.2) is 0 Å². The summed E-state index contributed by atoms with van der Waals surface area (Å²) in [7, 11) is 0. The molecule has 1 saturated heterocycles. The number of carbonyl (C=O) groups excluding carboxylic acids is 1. The first-order valence-corrected chi connectivity index (χ1v) is 6.41. The van der Waals surface area contributed by atoms with Crippen LogP contribution in [0.5, 0.6) is 0 Å². The summed E-state index contributed by atoms with van der Waals surface area (Å²) >= 11 is 3.33. The van der Waals surface area contributed by atoms with Crippen LogP contribution in [0.15, 0.2) is 22.8 Å². The van der Waals surface area contributed by atoms with Gasteiger partial charge in [0.1, 0.15) is 0 Å². The van der Waals surface area contributed by atoms with E-state index >= 15 is 0 Å². The molecule has 1 aliphatic heterocycles. The largest absolute Gasteiger partial charge is 0.307 e. The van der Waals surface area contributed by atoms with Crippen LogP contribution in [0.3, 0.4) is 0 Å². The van der Waals surface area contributed by atoms with Crippen LogP contribution < -0.4 is 5.32 Å². The van der Waals surface area contributed by atoms with Crippen molar-refractivity contribution in [2.45, 2.75) is 31.7 Å². The van der Waals surface area contributed by atoms with E-state index in [2.05, 4.69) is 26.2 Å². The Kier molecular flexibility index (Phi) is 4.07. The molecule has 1 aromatic rings. The fraction of sp³-hybridized carbons (Fsp3) is 0.500. The van der Waals surface area contributed by atoms with Crippen molar-refractivity contribution in [1.29, 1.82) is 0 Å². The van der Waals surface area contributed by atoms with Gasteiger partial charge in [-0.2, -0.15) is 0 Å². The molecule has 3 nitrogen and oxygen atoms in total. The molecule has 0 aromatic carbocycles. The SMILES string of the molecule is O=C(Cc1ccc(Br)cn1)C1CCCCN1. The van der Waals surface area contributed by atoms with Gasteiger partial charge in [0.05, 0.1) is 12.5 Å². The normalized spacial score (nSPS) is 20.7. The smallest absolute Gasteiger partial charge is 0.155 e. The molecule has 0 saturated carbocycles. The average molecular weight is 283 g/mol. The summed E-state index contributed by atoms with van der Waals surface area (Å²) in [5.74, 6) is 0.259. The van der Waals surface area contributed by atoms with Gasteiger partial charge in [0.15, 0.2) is 5.78 Å². The van der Waals surface area contributed by atoms with Gasteiger partial charge in [0.25, 0.3) is 0 Å². The second-order valence-electron chi connectivity index (χ2n) is 4.11. The summed E-state index contributed by atoms with van der Waals surface area (Å²) < 4.78 is 0.944. The first-order valence-electron chi connectivity index (χ1n) is 5.62. The van der Waals surface area contributed by atoms with Crippen molar-refractivity contribution in [3.05, 3.63) is 28.5 Å². The van der Waals surface area contributed by atoms with E-state index in [-0.39, 0.29) is 11.8 Å². The molecule has 2 heterocycles. The van der Waals surface area contributed by atoms with E-state index in [9.17, 15) is 4.79 Å². The molecule has 86 valence electrons. The van der Waals surface area contributed by atoms with Gasteiger partial charge in [-0.3, -0.25) is 9.78 Å². The van der Waals surface area contributed by atoms with Crippen LogP contribution in [0.1, 0.15) is 25.0 Å². The second-order valence-corrected chi connectivity index (χ2v) is 5.03. The molecule has 16 heavy (non-hydrogen) atoms. The number of rotatable bonds is 3. The van der Waals surface area contributed by atoms with Crippen LogP contribution in [-0.4, -0.2) is 23.4 Å². The molecule has 1 N–H and O–H groups in total. The van der Waals surface area contributed by atoms with Crippen molar-refractivity contribution < 1.29 is 4.79 Å². The molecule has 0 aliphatic carbocycles. The maximum atomic E-state index is 11.9. The van der Waals surface area contributed by atoms with Gasteiger partial charge in [-0.15, -0.1) is 0 Å². The van der Waals surface area contributed by atoms with E-state index in [0.29, 0.717) is 6.42 Å². The maximum Gasteiger partial charge on any atom is 0.155 e. The topological polar surface area (TPSA) is 42.0 Å². The molecule has 1 fully saturated rings. The van der Waals surface area contributed by atoms with Gasteiger partial charge < -0.3 is 5.32 Å². The van der Waals surface area contributed by atoms with Crippen molar-refractivity contribution in [2.75, 3.05) is 6.54 Å². The zero-order chi connectivity index (χ0) is 11.4. The summed E-state index contributed by atoms with van der Waals surface area (Å²) in [4.78, 5) is 16.2. The lowest BCUT2D eigenvalue weighted by atomic mass is 9.98. The van der Waals surface area contributed by atoms with E-state index in [1.54, 1.807) is 6.20 Å². The Morgan fingerprint density at radius 2 is 2.38 bits per heavy atom. The summed E-state index contributed by atoms with van der Waals surface area (Å²) in [6.45, 7) is 0.962. The standard InChI is InChI=1S/C12H15BrN2O/c13-9-4-5-10(15-8-9)7-12(16)11-3-1-2-6-14-11/h4-5,8,11,14H,1-3,6-7H2. The first-order chi connectivity index (χ1) is 7.75. The van der Waals surface area contributed by atoms with Crippen LogP contribution in [0.4, 0.5) is 0 Å². The van der Waals surface area contributed by atoms with Crippen molar-refractivity contribution in [3.8, 4) is 0 Å². The third-order valence-corrected chi connectivity index (χ3v) is 3.31. The maximum absolute atomic E-state index is 11.9. The minimum Gasteiger partial charge on any atom is -0.307 e. The molecule has 4 heteroatoms. The highest BCUT2D eigenvalue weighted by Gasteiger charge is 2.20. The number of ketones is 1. The fourth-order valence-electron chi connectivity index (χ4n) is 1.94. The highest BCUT2D eigenvalue weighted by molar-refractivity contribution is 9.10. The number of hydrogen-bond donors (Lipinski definition) is 1. The van der Waals surface area contributed by atoms with Gasteiger partial charge >= 0.3 is 0 Å². The van der Waals surface area contributed by atoms with Crippen molar-refractivity contribution in [1.82, 2.24) is 10.3 Å². The Bertz CT molecular complexity index is 358. The Labute approximate surface area is 104 Å². The lowest BCUT2D eigenvalue weighted by Gasteiger charge is -2.21. The third-order valence-electron chi connectivity index (χ3n) is 2.84. The molecule has 1 aromatic heterocycles. The number of piperidine rings is 1. The summed E-state index contributed by atoms with van der Waals surface area (Å²) in [6, 6.07) is 3.86. The summed E-state index contributed by atoms with van der Waals surface area (Å²) in [5, 5.41) is 3.26. The van der Waals surface area contributed by atoms with E-state index in [1.165, 1.54) is 6.42 Å². The zero-order valence-corrected chi connectivity index (χ0v) is 10.7. The molecule has 0 bridgehead atoms. The highest BCUT2D eigenvalue weighted by Crippen LogP contribution is 2.12. The van der Waals surface area contributed by atoms with Gasteiger partial charge in [-0.05, 0) is 47.4 Å². The van der Waals surface area contributed by atoms with Crippen LogP contribution in [0.25, 0.3) is 0 Å². The molecule has 1 atom stereocenters. The molecule has 0 amide bonds. The zero-order valence-electron chi connectivity index (χ0n) is 9.08. The summed E-state index contributed by atoms with van der Waals surface area (Å²) in [6.07, 6.45) is 5.47. The number of hydrogen-bond acceptors (Lipinski definition) is 3. The Hall–Kier alpha value is -0.740. The van der Waals surface area contributed by atoms with E-state index in [0.717, 1.165) is 29.6 Å². The van der Waals surface area contributed by atoms with Gasteiger partial charge in [0.2, 0.25) is 0 Å². The van der Waals surface area contributed by atoms with E-state index < -0.39 is 0 Å². The number of aromatic nitrogens is 1. The minimum absolute atomic E-state index is 0.0409. The Balaban J connectivity index is 1.93. The van der Waals surface area contributed by atoms with Gasteiger partial charge in [0, 0.05) is 16.4 Å². The number of Topliss-reactive ketones (excluding diaryl/α,β-unsaturated/α-hetero) is 1. The quantitative estimate of drug-likeness (QED) is 0.923. The number of nitrogens with one attached hydrogen (secondary N) is 1. The van der Waals surface area contributed by atoms with E-state index in [4.69, 9.17) is 0 Å². The minimum atomic E-state index is 0.0409. The molecular formula is C12H15BrN2O. The fourth-order valence-corrected chi connectivity index (χ4v) is 2.17. The molecule has 1 unspecified atom stereocenters. The van der Waals surface area contributed by atoms with Crippen LogP contribution in [-0.2, 0) is 11.2 Å². The Morgan fingerprint density at radius 3 is 3.00 bits per heavy atom. The summed E-state index contributed by atoms with van der Waals surface area (Å²) in [5.41, 5.74) is 0.848. The predicted molar refractivity (Wildman–Crippen MR) is 66.3 cm³/mol. The lowest BCUT2D eigenvalue weighted by Crippen LogP contribution is -2.41. The second kappa shape index (κ2) is 5.55. The van der Waals surface area contributed by atoms with Crippen LogP contribution >= 0.6 is 15.9 Å². The molecule has 0 spiro atoms. The molecule has 0 radical (unpaired) electrons. The average Bonchev–Trinajstić information content (AvgIpc) is 2.33.